The molecule has 0 fully saturated rings. The maximum atomic E-state index is 12.2. The second-order valence-corrected chi connectivity index (χ2v) is 6.75. The maximum Gasteiger partial charge on any atom is 0.326 e. The summed E-state index contributed by atoms with van der Waals surface area (Å²) in [4.78, 5) is 21.1. The topological polar surface area (TPSA) is 56.8 Å². The van der Waals surface area contributed by atoms with E-state index in [2.05, 4.69) is 39.1 Å². The van der Waals surface area contributed by atoms with Crippen LogP contribution in [0.2, 0.25) is 0 Å². The number of rotatable bonds is 3. The Hall–Kier alpha value is -2.79. The lowest BCUT2D eigenvalue weighted by Crippen LogP contribution is -2.34. The van der Waals surface area contributed by atoms with Gasteiger partial charge in [0.15, 0.2) is 0 Å². The fourth-order valence-corrected chi connectivity index (χ4v) is 4.01. The van der Waals surface area contributed by atoms with Gasteiger partial charge < -0.3 is 9.97 Å². The molecule has 126 valence electrons. The number of hydrogen-bond acceptors (Lipinski definition) is 2. The normalized spacial score (nSPS) is 15.0. The third-order valence-corrected chi connectivity index (χ3v) is 5.28. The molecule has 25 heavy (non-hydrogen) atoms. The van der Waals surface area contributed by atoms with Gasteiger partial charge in [0.05, 0.1) is 11.0 Å². The number of fused-ring (bicyclic) bond motifs is 4. The molecule has 0 saturated heterocycles. The van der Waals surface area contributed by atoms with Gasteiger partial charge in [0.2, 0.25) is 0 Å². The van der Waals surface area contributed by atoms with Gasteiger partial charge in [-0.15, -0.1) is 0 Å². The van der Waals surface area contributed by atoms with Gasteiger partial charge >= 0.3 is 5.69 Å². The Labute approximate surface area is 144 Å². The highest BCUT2D eigenvalue weighted by atomic mass is 16.1. The molecule has 1 aliphatic heterocycles. The van der Waals surface area contributed by atoms with Gasteiger partial charge in [0, 0.05) is 42.8 Å². The van der Waals surface area contributed by atoms with Crippen LogP contribution in [-0.2, 0) is 19.5 Å². The third-order valence-electron chi connectivity index (χ3n) is 5.28. The Morgan fingerprint density at radius 3 is 2.64 bits per heavy atom. The number of imidazole rings is 1. The van der Waals surface area contributed by atoms with Crippen molar-refractivity contribution in [3.05, 3.63) is 70.3 Å². The number of benzene rings is 2. The molecule has 0 atom stereocenters. The summed E-state index contributed by atoms with van der Waals surface area (Å²) in [6.07, 6.45) is 1.06. The number of aromatic nitrogens is 3. The van der Waals surface area contributed by atoms with Crippen LogP contribution < -0.4 is 5.69 Å². The highest BCUT2D eigenvalue weighted by Crippen LogP contribution is 2.27. The average molecular weight is 332 g/mol. The van der Waals surface area contributed by atoms with Crippen LogP contribution in [0.15, 0.2) is 53.3 Å². The Kier molecular flexibility index (Phi) is 3.28. The van der Waals surface area contributed by atoms with Crippen molar-refractivity contribution in [1.82, 2.24) is 19.4 Å². The molecule has 0 unspecified atom stereocenters. The van der Waals surface area contributed by atoms with Crippen molar-refractivity contribution in [3.8, 4) is 0 Å². The van der Waals surface area contributed by atoms with E-state index in [9.17, 15) is 4.79 Å². The van der Waals surface area contributed by atoms with E-state index in [0.717, 1.165) is 37.1 Å². The van der Waals surface area contributed by atoms with Crippen molar-refractivity contribution < 1.29 is 0 Å². The van der Waals surface area contributed by atoms with Crippen LogP contribution in [0, 0.1) is 0 Å². The lowest BCUT2D eigenvalue weighted by atomic mass is 10.0. The van der Waals surface area contributed by atoms with Crippen LogP contribution in [-0.4, -0.2) is 32.5 Å². The second-order valence-electron chi connectivity index (χ2n) is 6.75. The molecule has 0 bridgehead atoms. The number of H-pyrrole nitrogens is 2. The Morgan fingerprint density at radius 2 is 1.72 bits per heavy atom. The van der Waals surface area contributed by atoms with Crippen molar-refractivity contribution in [2.75, 3.05) is 13.1 Å². The van der Waals surface area contributed by atoms with Gasteiger partial charge in [-0.3, -0.25) is 9.47 Å². The lowest BCUT2D eigenvalue weighted by Gasteiger charge is -2.27. The molecule has 1 aliphatic rings. The number of nitrogens with one attached hydrogen (secondary N) is 2. The van der Waals surface area contributed by atoms with Gasteiger partial charge in [0.1, 0.15) is 0 Å². The molecule has 0 saturated carbocycles. The number of para-hydroxylation sites is 3. The van der Waals surface area contributed by atoms with E-state index in [4.69, 9.17) is 0 Å². The van der Waals surface area contributed by atoms with Gasteiger partial charge in [-0.05, 0) is 30.2 Å². The maximum absolute atomic E-state index is 12.2. The molecule has 2 aromatic carbocycles. The molecule has 3 heterocycles. The van der Waals surface area contributed by atoms with Crippen molar-refractivity contribution in [2.24, 2.45) is 0 Å². The first-order chi connectivity index (χ1) is 12.3. The molecular weight excluding hydrogens is 312 g/mol. The Bertz CT molecular complexity index is 1120. The molecule has 5 nitrogen and oxygen atoms in total. The van der Waals surface area contributed by atoms with Gasteiger partial charge in [-0.2, -0.15) is 0 Å². The highest BCUT2D eigenvalue weighted by Gasteiger charge is 2.20. The summed E-state index contributed by atoms with van der Waals surface area (Å²) < 4.78 is 1.84. The number of aromatic amines is 2. The highest BCUT2D eigenvalue weighted by molar-refractivity contribution is 5.84. The summed E-state index contributed by atoms with van der Waals surface area (Å²) in [5.74, 6) is 0. The first-order valence-corrected chi connectivity index (χ1v) is 8.78. The average Bonchev–Trinajstić information content (AvgIpc) is 3.16. The molecule has 2 N–H and O–H groups in total. The summed E-state index contributed by atoms with van der Waals surface area (Å²) in [6.45, 7) is 3.53. The quantitative estimate of drug-likeness (QED) is 0.606. The molecule has 0 aliphatic carbocycles. The van der Waals surface area contributed by atoms with E-state index in [0.29, 0.717) is 6.54 Å². The largest absolute Gasteiger partial charge is 0.357 e. The second kappa shape index (κ2) is 5.63. The van der Waals surface area contributed by atoms with E-state index in [1.165, 1.54) is 22.2 Å². The predicted octanol–water partition coefficient (Wildman–Crippen LogP) is 2.87. The van der Waals surface area contributed by atoms with Crippen LogP contribution in [0.1, 0.15) is 11.3 Å². The Balaban J connectivity index is 1.37. The van der Waals surface area contributed by atoms with Crippen LogP contribution >= 0.6 is 0 Å². The first kappa shape index (κ1) is 14.5. The third kappa shape index (κ3) is 2.39. The predicted molar refractivity (Wildman–Crippen MR) is 99.8 cm³/mol. The molecule has 5 rings (SSSR count). The summed E-state index contributed by atoms with van der Waals surface area (Å²) in [5, 5.41) is 1.35. The fourth-order valence-electron chi connectivity index (χ4n) is 4.01. The summed E-state index contributed by atoms with van der Waals surface area (Å²) in [5.41, 5.74) is 5.86. The van der Waals surface area contributed by atoms with Crippen LogP contribution in [0.3, 0.4) is 0 Å². The minimum Gasteiger partial charge on any atom is -0.357 e. The zero-order chi connectivity index (χ0) is 16.8. The zero-order valence-corrected chi connectivity index (χ0v) is 14.0. The smallest absolute Gasteiger partial charge is 0.326 e. The minimum atomic E-state index is -0.0236. The van der Waals surface area contributed by atoms with Crippen molar-refractivity contribution in [2.45, 2.75) is 19.5 Å². The number of hydrogen-bond donors (Lipinski definition) is 2. The van der Waals surface area contributed by atoms with Gasteiger partial charge in [-0.25, -0.2) is 4.79 Å². The fraction of sp³-hybridized carbons (Fsp3) is 0.250. The molecule has 5 heteroatoms. The van der Waals surface area contributed by atoms with E-state index < -0.39 is 0 Å². The van der Waals surface area contributed by atoms with E-state index >= 15 is 0 Å². The molecule has 0 spiro atoms. The SMILES string of the molecule is O=c1[nH]c2ccccc2n1CCN1CCc2c([nH]c3ccccc23)C1. The van der Waals surface area contributed by atoms with E-state index in [-0.39, 0.29) is 5.69 Å². The molecular formula is C20H20N4O. The van der Waals surface area contributed by atoms with E-state index in [1.807, 2.05) is 28.8 Å². The summed E-state index contributed by atoms with van der Waals surface area (Å²) in [6, 6.07) is 16.4. The molecule has 4 aromatic rings. The van der Waals surface area contributed by atoms with Crippen LogP contribution in [0.4, 0.5) is 0 Å². The van der Waals surface area contributed by atoms with Gasteiger partial charge in [-0.1, -0.05) is 30.3 Å². The lowest BCUT2D eigenvalue weighted by molar-refractivity contribution is 0.242. The van der Waals surface area contributed by atoms with Crippen LogP contribution in [0.5, 0.6) is 0 Å². The van der Waals surface area contributed by atoms with Gasteiger partial charge in [0.25, 0.3) is 0 Å². The van der Waals surface area contributed by atoms with Crippen molar-refractivity contribution in [1.29, 1.82) is 0 Å². The summed E-state index contributed by atoms with van der Waals surface area (Å²) in [7, 11) is 0. The summed E-state index contributed by atoms with van der Waals surface area (Å²) >= 11 is 0. The number of nitrogens with zero attached hydrogens (tertiary/aromatic N) is 2. The molecule has 0 radical (unpaired) electrons. The first-order valence-electron chi connectivity index (χ1n) is 8.78. The standard InChI is InChI=1S/C20H20N4O/c25-20-22-17-7-3-4-8-19(17)24(20)12-11-23-10-9-15-14-5-1-2-6-16(14)21-18(15)13-23/h1-8,21H,9-13H2,(H,22,25). The van der Waals surface area contributed by atoms with Crippen molar-refractivity contribution in [3.63, 3.8) is 0 Å². The monoisotopic (exact) mass is 332 g/mol. The molecule has 0 amide bonds. The van der Waals surface area contributed by atoms with Crippen LogP contribution in [0.25, 0.3) is 21.9 Å². The zero-order valence-electron chi connectivity index (χ0n) is 14.0. The Morgan fingerprint density at radius 1 is 0.920 bits per heavy atom. The van der Waals surface area contributed by atoms with E-state index in [1.54, 1.807) is 0 Å². The van der Waals surface area contributed by atoms with Crippen molar-refractivity contribution >= 4 is 21.9 Å². The minimum absolute atomic E-state index is 0.0236. The molecule has 2 aromatic heterocycles.